The molecule has 0 spiro atoms. The van der Waals surface area contributed by atoms with Crippen molar-refractivity contribution in [2.24, 2.45) is 0 Å². The van der Waals surface area contributed by atoms with Gasteiger partial charge in [-0.2, -0.15) is 0 Å². The van der Waals surface area contributed by atoms with E-state index in [1.807, 2.05) is 0 Å². The maximum absolute atomic E-state index is 13.0. The number of hydrogen-bond donors (Lipinski definition) is 0. The van der Waals surface area contributed by atoms with Crippen LogP contribution in [0, 0.1) is 5.82 Å². The predicted molar refractivity (Wildman–Crippen MR) is 83.1 cm³/mol. The fraction of sp³-hybridized carbons (Fsp3) is 0. The largest absolute Gasteiger partial charge is 0.604 e. The lowest BCUT2D eigenvalue weighted by Crippen LogP contribution is -2.18. The molecule has 1 aliphatic rings. The highest BCUT2D eigenvalue weighted by Gasteiger charge is 2.36. The zero-order valence-corrected chi connectivity index (χ0v) is 12.9. The van der Waals surface area contributed by atoms with Crippen LogP contribution in [0.5, 0.6) is 0 Å². The van der Waals surface area contributed by atoms with Crippen LogP contribution < -0.4 is 0 Å². The van der Waals surface area contributed by atoms with Crippen molar-refractivity contribution in [1.29, 1.82) is 0 Å². The number of benzene rings is 2. The third-order valence-corrected chi connectivity index (χ3v) is 5.05. The zero-order chi connectivity index (χ0) is 16.8. The molecule has 0 saturated heterocycles. The van der Waals surface area contributed by atoms with Crippen LogP contribution in [0.3, 0.4) is 0 Å². The molecule has 0 amide bonds. The Morgan fingerprint density at radius 1 is 0.875 bits per heavy atom. The van der Waals surface area contributed by atoms with Gasteiger partial charge < -0.3 is 8.97 Å². The summed E-state index contributed by atoms with van der Waals surface area (Å²) in [5, 5.41) is -0.0129. The van der Waals surface area contributed by atoms with Crippen LogP contribution in [0.4, 0.5) is 4.39 Å². The number of carbonyl (C=O) groups excluding carboxylic acids is 2. The lowest BCUT2D eigenvalue weighted by Gasteiger charge is -2.11. The van der Waals surface area contributed by atoms with Crippen LogP contribution >= 0.6 is 0 Å². The van der Waals surface area contributed by atoms with Crippen molar-refractivity contribution in [3.05, 3.63) is 82.9 Å². The van der Waals surface area contributed by atoms with Gasteiger partial charge in [0.15, 0.2) is 16.4 Å². The number of fused-ring (bicyclic) bond motifs is 2. The Morgan fingerprint density at radius 2 is 1.50 bits per heavy atom. The highest BCUT2D eigenvalue weighted by atomic mass is 32.2. The highest BCUT2D eigenvalue weighted by molar-refractivity contribution is 7.91. The van der Waals surface area contributed by atoms with Gasteiger partial charge >= 0.3 is 5.09 Å². The first-order valence-corrected chi connectivity index (χ1v) is 8.21. The van der Waals surface area contributed by atoms with E-state index in [1.165, 1.54) is 30.3 Å². The third-order valence-electron chi connectivity index (χ3n) is 3.79. The van der Waals surface area contributed by atoms with E-state index < -0.39 is 22.8 Å². The van der Waals surface area contributed by atoms with E-state index in [9.17, 15) is 18.5 Å². The lowest BCUT2D eigenvalue weighted by atomic mass is 9.89. The molecule has 6 heteroatoms. The number of halogens is 1. The van der Waals surface area contributed by atoms with Gasteiger partial charge in [0, 0.05) is 17.2 Å². The molecule has 0 radical (unpaired) electrons. The number of furan rings is 1. The molecule has 1 unspecified atom stereocenters. The molecule has 0 bridgehead atoms. The van der Waals surface area contributed by atoms with Crippen molar-refractivity contribution < 1.29 is 22.9 Å². The number of rotatable bonds is 2. The quantitative estimate of drug-likeness (QED) is 0.525. The molecule has 1 aromatic heterocycles. The molecule has 118 valence electrons. The SMILES string of the molecule is O=C1c2ccccc2C(=O)c2oc([S+]([O-])c3ccc(F)cc3)cc21. The van der Waals surface area contributed by atoms with Crippen molar-refractivity contribution in [3.63, 3.8) is 0 Å². The van der Waals surface area contributed by atoms with Gasteiger partial charge in [-0.25, -0.2) is 4.39 Å². The molecule has 24 heavy (non-hydrogen) atoms. The third kappa shape index (κ3) is 2.19. The smallest absolute Gasteiger partial charge is 0.318 e. The topological polar surface area (TPSA) is 70.3 Å². The van der Waals surface area contributed by atoms with Crippen LogP contribution in [-0.2, 0) is 11.2 Å². The Balaban J connectivity index is 1.78. The average Bonchev–Trinajstić information content (AvgIpc) is 3.05. The Morgan fingerprint density at radius 3 is 2.17 bits per heavy atom. The molecule has 0 aliphatic heterocycles. The second-order valence-corrected chi connectivity index (χ2v) is 6.65. The van der Waals surface area contributed by atoms with Crippen molar-refractivity contribution in [3.8, 4) is 0 Å². The van der Waals surface area contributed by atoms with Gasteiger partial charge in [-0.3, -0.25) is 9.59 Å². The van der Waals surface area contributed by atoms with E-state index in [0.29, 0.717) is 10.5 Å². The highest BCUT2D eigenvalue weighted by Crippen LogP contribution is 2.33. The minimum Gasteiger partial charge on any atom is -0.604 e. The maximum Gasteiger partial charge on any atom is 0.318 e. The van der Waals surface area contributed by atoms with Gasteiger partial charge in [-0.05, 0) is 24.3 Å². The summed E-state index contributed by atoms with van der Waals surface area (Å²) in [4.78, 5) is 25.3. The predicted octanol–water partition coefficient (Wildman–Crippen LogP) is 3.36. The van der Waals surface area contributed by atoms with Crippen LogP contribution in [0.1, 0.15) is 32.0 Å². The summed E-state index contributed by atoms with van der Waals surface area (Å²) in [5.41, 5.74) is 0.669. The normalized spacial score (nSPS) is 14.2. The molecule has 1 aliphatic carbocycles. The summed E-state index contributed by atoms with van der Waals surface area (Å²) < 4.78 is 30.9. The van der Waals surface area contributed by atoms with E-state index in [0.717, 1.165) is 0 Å². The Bertz CT molecular complexity index is 922. The second-order valence-electron chi connectivity index (χ2n) is 5.23. The first kappa shape index (κ1) is 14.9. The van der Waals surface area contributed by atoms with Crippen LogP contribution in [0.15, 0.2) is 69.0 Å². The second kappa shape index (κ2) is 5.43. The summed E-state index contributed by atoms with van der Waals surface area (Å²) in [5.74, 6) is -1.31. The summed E-state index contributed by atoms with van der Waals surface area (Å²) in [7, 11) is 0. The summed E-state index contributed by atoms with van der Waals surface area (Å²) in [6.07, 6.45) is 0. The molecular formula is C18H9FO4S. The van der Waals surface area contributed by atoms with E-state index >= 15 is 0 Å². The molecule has 4 nitrogen and oxygen atoms in total. The molecule has 0 saturated carbocycles. The van der Waals surface area contributed by atoms with E-state index in [4.69, 9.17) is 4.42 Å². The number of hydrogen-bond acceptors (Lipinski definition) is 4. The van der Waals surface area contributed by atoms with Crippen LogP contribution in [0.25, 0.3) is 0 Å². The average molecular weight is 340 g/mol. The monoisotopic (exact) mass is 340 g/mol. The fourth-order valence-electron chi connectivity index (χ4n) is 2.62. The van der Waals surface area contributed by atoms with E-state index in [1.54, 1.807) is 24.3 Å². The Hall–Kier alpha value is -2.70. The Labute approximate surface area is 139 Å². The van der Waals surface area contributed by atoms with E-state index in [-0.39, 0.29) is 27.8 Å². The first-order valence-electron chi connectivity index (χ1n) is 7.06. The van der Waals surface area contributed by atoms with Crippen LogP contribution in [-0.4, -0.2) is 16.1 Å². The van der Waals surface area contributed by atoms with Crippen molar-refractivity contribution >= 4 is 22.7 Å². The molecule has 0 N–H and O–H groups in total. The van der Waals surface area contributed by atoms with Crippen molar-refractivity contribution in [1.82, 2.24) is 0 Å². The van der Waals surface area contributed by atoms with Gasteiger partial charge in [-0.1, -0.05) is 24.3 Å². The zero-order valence-electron chi connectivity index (χ0n) is 12.1. The lowest BCUT2D eigenvalue weighted by molar-refractivity contribution is 0.0957. The number of carbonyl (C=O) groups is 2. The summed E-state index contributed by atoms with van der Waals surface area (Å²) >= 11 is -1.75. The number of ketones is 2. The molecule has 1 atom stereocenters. The van der Waals surface area contributed by atoms with Gasteiger partial charge in [0.25, 0.3) is 0 Å². The summed E-state index contributed by atoms with van der Waals surface area (Å²) in [6, 6.07) is 12.9. The fourth-order valence-corrected chi connectivity index (χ4v) is 3.62. The maximum atomic E-state index is 13.0. The van der Waals surface area contributed by atoms with Crippen LogP contribution in [0.2, 0.25) is 0 Å². The molecule has 1 heterocycles. The molecule has 0 fully saturated rings. The van der Waals surface area contributed by atoms with Crippen molar-refractivity contribution in [2.45, 2.75) is 9.99 Å². The minimum atomic E-state index is -1.75. The van der Waals surface area contributed by atoms with Gasteiger partial charge in [0.2, 0.25) is 5.78 Å². The van der Waals surface area contributed by atoms with Crippen molar-refractivity contribution in [2.75, 3.05) is 0 Å². The van der Waals surface area contributed by atoms with Gasteiger partial charge in [0.1, 0.15) is 5.82 Å². The molecular weight excluding hydrogens is 331 g/mol. The Kier molecular flexibility index (Phi) is 3.37. The first-order chi connectivity index (χ1) is 11.6. The standard InChI is InChI=1S/C18H9FO4S/c19-10-5-7-11(8-6-10)24(22)15-9-14-16(20)12-3-1-2-4-13(12)17(21)18(14)23-15/h1-9H. The molecule has 3 aromatic rings. The molecule has 2 aromatic carbocycles. The molecule has 4 rings (SSSR count). The van der Waals surface area contributed by atoms with Gasteiger partial charge in [-0.15, -0.1) is 0 Å². The van der Waals surface area contributed by atoms with E-state index in [2.05, 4.69) is 0 Å². The minimum absolute atomic E-state index is 0.0129. The summed E-state index contributed by atoms with van der Waals surface area (Å²) in [6.45, 7) is 0. The van der Waals surface area contributed by atoms with Gasteiger partial charge in [0.05, 0.1) is 16.7 Å².